The van der Waals surface area contributed by atoms with Gasteiger partial charge in [0.25, 0.3) is 0 Å². The van der Waals surface area contributed by atoms with Crippen molar-refractivity contribution in [3.05, 3.63) is 59.9 Å². The molecule has 2 aromatic rings. The second kappa shape index (κ2) is 6.34. The first-order valence-corrected chi connectivity index (χ1v) is 6.44. The molecular formula is C16H18FNO. The number of ether oxygens (including phenoxy) is 1. The maximum absolute atomic E-state index is 13.5. The Morgan fingerprint density at radius 3 is 2.63 bits per heavy atom. The van der Waals surface area contributed by atoms with Gasteiger partial charge in [-0.15, -0.1) is 0 Å². The fourth-order valence-corrected chi connectivity index (χ4v) is 2.06. The van der Waals surface area contributed by atoms with Crippen molar-refractivity contribution in [1.29, 1.82) is 0 Å². The first-order chi connectivity index (χ1) is 9.24. The predicted octanol–water partition coefficient (Wildman–Crippen LogP) is 4.29. The molecule has 0 amide bonds. The maximum Gasteiger partial charge on any atom is 0.165 e. The molecule has 0 bridgehead atoms. The largest absolute Gasteiger partial charge is 0.454 e. The monoisotopic (exact) mass is 259 g/mol. The highest BCUT2D eigenvalue weighted by atomic mass is 19.1. The number of hydrogen-bond donors (Lipinski definition) is 1. The van der Waals surface area contributed by atoms with Gasteiger partial charge in [0.2, 0.25) is 0 Å². The van der Waals surface area contributed by atoms with Crippen molar-refractivity contribution < 1.29 is 9.13 Å². The Morgan fingerprint density at radius 1 is 1.16 bits per heavy atom. The van der Waals surface area contributed by atoms with Crippen LogP contribution in [0.3, 0.4) is 0 Å². The van der Waals surface area contributed by atoms with Crippen LogP contribution in [0.2, 0.25) is 0 Å². The van der Waals surface area contributed by atoms with Gasteiger partial charge in [-0.3, -0.25) is 0 Å². The van der Waals surface area contributed by atoms with E-state index < -0.39 is 0 Å². The molecular weight excluding hydrogens is 241 g/mol. The van der Waals surface area contributed by atoms with Crippen molar-refractivity contribution in [2.24, 2.45) is 0 Å². The summed E-state index contributed by atoms with van der Waals surface area (Å²) in [5, 5.41) is 3.24. The first kappa shape index (κ1) is 13.6. The van der Waals surface area contributed by atoms with Crippen LogP contribution in [0.1, 0.15) is 24.9 Å². The number of hydrogen-bond acceptors (Lipinski definition) is 2. The van der Waals surface area contributed by atoms with E-state index in [9.17, 15) is 4.39 Å². The first-order valence-electron chi connectivity index (χ1n) is 6.44. The summed E-state index contributed by atoms with van der Waals surface area (Å²) in [7, 11) is 1.93. The second-order valence-electron chi connectivity index (χ2n) is 4.35. The zero-order valence-corrected chi connectivity index (χ0v) is 11.2. The van der Waals surface area contributed by atoms with Crippen molar-refractivity contribution in [1.82, 2.24) is 5.32 Å². The molecule has 0 aliphatic heterocycles. The Labute approximate surface area is 113 Å². The molecule has 1 N–H and O–H groups in total. The van der Waals surface area contributed by atoms with Crippen LogP contribution in [-0.2, 0) is 0 Å². The normalized spacial score (nSPS) is 12.2. The second-order valence-corrected chi connectivity index (χ2v) is 4.35. The van der Waals surface area contributed by atoms with Crippen LogP contribution in [0, 0.1) is 5.82 Å². The van der Waals surface area contributed by atoms with Gasteiger partial charge in [-0.05, 0) is 43.3 Å². The number of halogens is 1. The van der Waals surface area contributed by atoms with Gasteiger partial charge in [0.1, 0.15) is 5.75 Å². The molecule has 2 aromatic carbocycles. The smallest absolute Gasteiger partial charge is 0.165 e. The highest BCUT2D eigenvalue weighted by Gasteiger charge is 2.08. The lowest BCUT2D eigenvalue weighted by molar-refractivity contribution is 0.440. The lowest BCUT2D eigenvalue weighted by atomic mass is 10.0. The summed E-state index contributed by atoms with van der Waals surface area (Å²) in [6, 6.07) is 14.4. The Kier molecular flexibility index (Phi) is 4.53. The Bertz CT molecular complexity index is 538. The number of nitrogens with one attached hydrogen (secondary N) is 1. The van der Waals surface area contributed by atoms with Crippen LogP contribution in [0.5, 0.6) is 11.5 Å². The van der Waals surface area contributed by atoms with Gasteiger partial charge in [0.05, 0.1) is 0 Å². The van der Waals surface area contributed by atoms with Gasteiger partial charge in [-0.25, -0.2) is 4.39 Å². The molecule has 0 radical (unpaired) electrons. The minimum atomic E-state index is -0.353. The summed E-state index contributed by atoms with van der Waals surface area (Å²) in [5.41, 5.74) is 1.14. The van der Waals surface area contributed by atoms with Crippen molar-refractivity contribution in [2.45, 2.75) is 19.4 Å². The summed E-state index contributed by atoms with van der Waals surface area (Å²) in [6.07, 6.45) is 0.986. The van der Waals surface area contributed by atoms with E-state index in [0.29, 0.717) is 5.75 Å². The molecule has 0 aromatic heterocycles. The molecule has 0 aliphatic carbocycles. The fourth-order valence-electron chi connectivity index (χ4n) is 2.06. The molecule has 1 atom stereocenters. The molecule has 100 valence electrons. The van der Waals surface area contributed by atoms with Crippen LogP contribution in [0.15, 0.2) is 48.5 Å². The fraction of sp³-hybridized carbons (Fsp3) is 0.250. The minimum Gasteiger partial charge on any atom is -0.454 e. The van der Waals surface area contributed by atoms with E-state index in [1.54, 1.807) is 18.2 Å². The van der Waals surface area contributed by atoms with E-state index in [1.165, 1.54) is 6.07 Å². The third-order valence-electron chi connectivity index (χ3n) is 3.08. The van der Waals surface area contributed by atoms with E-state index in [-0.39, 0.29) is 17.6 Å². The number of para-hydroxylation sites is 1. The van der Waals surface area contributed by atoms with Crippen LogP contribution < -0.4 is 10.1 Å². The van der Waals surface area contributed by atoms with Crippen molar-refractivity contribution in [2.75, 3.05) is 7.05 Å². The maximum atomic E-state index is 13.5. The Hall–Kier alpha value is -1.87. The zero-order valence-electron chi connectivity index (χ0n) is 11.2. The molecule has 0 saturated heterocycles. The third kappa shape index (κ3) is 3.32. The molecule has 0 saturated carbocycles. The molecule has 0 aliphatic rings. The van der Waals surface area contributed by atoms with Gasteiger partial charge in [-0.1, -0.05) is 31.2 Å². The Balaban J connectivity index is 2.22. The minimum absolute atomic E-state index is 0.247. The van der Waals surface area contributed by atoms with Crippen LogP contribution in [-0.4, -0.2) is 7.05 Å². The summed E-state index contributed by atoms with van der Waals surface area (Å²) >= 11 is 0. The van der Waals surface area contributed by atoms with Gasteiger partial charge < -0.3 is 10.1 Å². The van der Waals surface area contributed by atoms with Gasteiger partial charge in [-0.2, -0.15) is 0 Å². The highest BCUT2D eigenvalue weighted by molar-refractivity contribution is 5.35. The van der Waals surface area contributed by atoms with Crippen LogP contribution >= 0.6 is 0 Å². The molecule has 0 spiro atoms. The van der Waals surface area contributed by atoms with Gasteiger partial charge in [0.15, 0.2) is 11.6 Å². The van der Waals surface area contributed by atoms with Crippen molar-refractivity contribution in [3.8, 4) is 11.5 Å². The quantitative estimate of drug-likeness (QED) is 0.865. The van der Waals surface area contributed by atoms with Gasteiger partial charge >= 0.3 is 0 Å². The van der Waals surface area contributed by atoms with E-state index in [4.69, 9.17) is 4.74 Å². The summed E-state index contributed by atoms with van der Waals surface area (Å²) in [6.45, 7) is 2.12. The van der Waals surface area contributed by atoms with Gasteiger partial charge in [0, 0.05) is 6.04 Å². The zero-order chi connectivity index (χ0) is 13.7. The molecule has 0 fully saturated rings. The Morgan fingerprint density at radius 2 is 1.95 bits per heavy atom. The standard InChI is InChI=1S/C16H18FNO/c1-3-15(18-2)12-7-6-8-13(11-12)19-16-10-5-4-9-14(16)17/h4-11,15,18H,3H2,1-2H3. The lowest BCUT2D eigenvalue weighted by Gasteiger charge is -2.15. The summed E-state index contributed by atoms with van der Waals surface area (Å²) in [4.78, 5) is 0. The van der Waals surface area contributed by atoms with Crippen LogP contribution in [0.25, 0.3) is 0 Å². The molecule has 2 rings (SSSR count). The molecule has 0 heterocycles. The van der Waals surface area contributed by atoms with E-state index >= 15 is 0 Å². The van der Waals surface area contributed by atoms with Crippen molar-refractivity contribution >= 4 is 0 Å². The van der Waals surface area contributed by atoms with Crippen LogP contribution in [0.4, 0.5) is 4.39 Å². The predicted molar refractivity (Wildman–Crippen MR) is 75.0 cm³/mol. The molecule has 3 heteroatoms. The molecule has 19 heavy (non-hydrogen) atoms. The average Bonchev–Trinajstić information content (AvgIpc) is 2.43. The molecule has 2 nitrogen and oxygen atoms in total. The summed E-state index contributed by atoms with van der Waals surface area (Å²) < 4.78 is 19.1. The van der Waals surface area contributed by atoms with Crippen molar-refractivity contribution in [3.63, 3.8) is 0 Å². The molecule has 1 unspecified atom stereocenters. The van der Waals surface area contributed by atoms with E-state index in [1.807, 2.05) is 31.3 Å². The average molecular weight is 259 g/mol. The number of benzene rings is 2. The van der Waals surface area contributed by atoms with E-state index in [0.717, 1.165) is 12.0 Å². The SMILES string of the molecule is CCC(NC)c1cccc(Oc2ccccc2F)c1. The third-order valence-corrected chi connectivity index (χ3v) is 3.08. The topological polar surface area (TPSA) is 21.3 Å². The number of rotatable bonds is 5. The van der Waals surface area contributed by atoms with E-state index in [2.05, 4.69) is 12.2 Å². The lowest BCUT2D eigenvalue weighted by Crippen LogP contribution is -2.14. The highest BCUT2D eigenvalue weighted by Crippen LogP contribution is 2.27. The summed E-state index contributed by atoms with van der Waals surface area (Å²) in [5.74, 6) is 0.544.